The predicted molar refractivity (Wildman–Crippen MR) is 79.0 cm³/mol. The molecule has 0 spiro atoms. The molecule has 4 nitrogen and oxygen atoms in total. The molecule has 1 aromatic rings. The second-order valence-corrected chi connectivity index (χ2v) is 6.64. The molecule has 0 radical (unpaired) electrons. The first-order chi connectivity index (χ1) is 9.45. The molecule has 20 heavy (non-hydrogen) atoms. The fourth-order valence-electron chi connectivity index (χ4n) is 1.78. The number of sulfonamides is 1. The molecule has 0 bridgehead atoms. The van der Waals surface area contributed by atoms with E-state index in [2.05, 4.69) is 5.92 Å². The lowest BCUT2D eigenvalue weighted by molar-refractivity contribution is 0.437. The molecule has 0 aliphatic rings. The quantitative estimate of drug-likeness (QED) is 0.753. The topological polar surface area (TPSA) is 61.2 Å². The number of hydrogen-bond donors (Lipinski definition) is 0. The summed E-state index contributed by atoms with van der Waals surface area (Å²) in [5.41, 5.74) is 1.95. The van der Waals surface area contributed by atoms with Gasteiger partial charge >= 0.3 is 0 Å². The Morgan fingerprint density at radius 3 is 2.40 bits per heavy atom. The molecule has 1 aromatic carbocycles. The van der Waals surface area contributed by atoms with Crippen molar-refractivity contribution < 1.29 is 8.42 Å². The van der Waals surface area contributed by atoms with E-state index in [9.17, 15) is 8.42 Å². The molecule has 0 aromatic heterocycles. The number of nitrogens with zero attached hydrogens (tertiary/aromatic N) is 2. The molecule has 0 N–H and O–H groups in total. The second-order valence-electron chi connectivity index (χ2n) is 4.53. The van der Waals surface area contributed by atoms with Gasteiger partial charge in [-0.3, -0.25) is 0 Å². The first-order valence-corrected chi connectivity index (χ1v) is 7.83. The van der Waals surface area contributed by atoms with Crippen molar-refractivity contribution in [1.82, 2.24) is 4.31 Å². The van der Waals surface area contributed by atoms with Crippen molar-refractivity contribution in [3.63, 3.8) is 0 Å². The van der Waals surface area contributed by atoms with Gasteiger partial charge in [-0.15, -0.1) is 6.42 Å². The molecule has 0 saturated heterocycles. The first kappa shape index (κ1) is 16.2. The van der Waals surface area contributed by atoms with Crippen molar-refractivity contribution in [2.24, 2.45) is 0 Å². The minimum atomic E-state index is -3.70. The van der Waals surface area contributed by atoms with Crippen LogP contribution in [0.5, 0.6) is 0 Å². The average Bonchev–Trinajstić information content (AvgIpc) is 2.41. The third-order valence-corrected chi connectivity index (χ3v) is 5.12. The summed E-state index contributed by atoms with van der Waals surface area (Å²) >= 11 is 0. The summed E-state index contributed by atoms with van der Waals surface area (Å²) in [6, 6.07) is 9.38. The molecule has 5 heteroatoms. The standard InChI is InChI=1S/C15H18N2O2S/c1-4-10-17(20(18,19)15(5-2)11-16)12-14-8-6-13(3)7-9-14/h1,6-9,15H,5,10,12H2,2-3H3/t15-/m0/s1. The van der Waals surface area contributed by atoms with E-state index in [4.69, 9.17) is 11.7 Å². The molecule has 0 aliphatic carbocycles. The number of aryl methyl sites for hydroxylation is 1. The van der Waals surface area contributed by atoms with Crippen molar-refractivity contribution in [3.05, 3.63) is 35.4 Å². The van der Waals surface area contributed by atoms with Crippen LogP contribution in [-0.2, 0) is 16.6 Å². The van der Waals surface area contributed by atoms with Gasteiger partial charge in [0.15, 0.2) is 5.25 Å². The van der Waals surface area contributed by atoms with Gasteiger partial charge in [-0.25, -0.2) is 8.42 Å². The van der Waals surface area contributed by atoms with Gasteiger partial charge < -0.3 is 0 Å². The summed E-state index contributed by atoms with van der Waals surface area (Å²) in [5.74, 6) is 2.35. The Morgan fingerprint density at radius 1 is 1.35 bits per heavy atom. The fourth-order valence-corrected chi connectivity index (χ4v) is 3.28. The van der Waals surface area contributed by atoms with Crippen LogP contribution in [0.1, 0.15) is 24.5 Å². The first-order valence-electron chi connectivity index (χ1n) is 6.33. The fraction of sp³-hybridized carbons (Fsp3) is 0.400. The minimum absolute atomic E-state index is 0.0333. The van der Waals surface area contributed by atoms with Crippen LogP contribution in [0.2, 0.25) is 0 Å². The Balaban J connectivity index is 3.04. The van der Waals surface area contributed by atoms with E-state index in [0.717, 1.165) is 11.1 Å². The Morgan fingerprint density at radius 2 is 1.95 bits per heavy atom. The number of rotatable bonds is 6. The van der Waals surface area contributed by atoms with Crippen LogP contribution >= 0.6 is 0 Å². The van der Waals surface area contributed by atoms with Crippen LogP contribution in [0.4, 0.5) is 0 Å². The van der Waals surface area contributed by atoms with Crippen LogP contribution in [0, 0.1) is 30.6 Å². The molecule has 0 unspecified atom stereocenters. The molecule has 0 fully saturated rings. The molecular weight excluding hydrogens is 272 g/mol. The molecule has 106 valence electrons. The molecule has 0 amide bonds. The van der Waals surface area contributed by atoms with E-state index in [0.29, 0.717) is 0 Å². The maximum Gasteiger partial charge on any atom is 0.231 e. The van der Waals surface area contributed by atoms with Crippen LogP contribution in [0.15, 0.2) is 24.3 Å². The molecule has 0 saturated carbocycles. The number of benzene rings is 1. The summed E-state index contributed by atoms with van der Waals surface area (Å²) in [4.78, 5) is 0. The van der Waals surface area contributed by atoms with E-state index >= 15 is 0 Å². The summed E-state index contributed by atoms with van der Waals surface area (Å²) in [7, 11) is -3.70. The Labute approximate surface area is 121 Å². The maximum absolute atomic E-state index is 12.4. The monoisotopic (exact) mass is 290 g/mol. The summed E-state index contributed by atoms with van der Waals surface area (Å²) in [6.45, 7) is 3.78. The Hall–Kier alpha value is -1.82. The van der Waals surface area contributed by atoms with Crippen molar-refractivity contribution in [3.8, 4) is 18.4 Å². The Kier molecular flexibility index (Phi) is 5.76. The third-order valence-electron chi connectivity index (χ3n) is 2.98. The zero-order valence-corrected chi connectivity index (χ0v) is 12.5. The number of terminal acetylenes is 1. The zero-order chi connectivity index (χ0) is 15.2. The van der Waals surface area contributed by atoms with Gasteiger partial charge in [0, 0.05) is 6.54 Å². The molecule has 0 aliphatic heterocycles. The SMILES string of the molecule is C#CCN(Cc1ccc(C)cc1)S(=O)(=O)[C@H](C#N)CC. The highest BCUT2D eigenvalue weighted by atomic mass is 32.2. The molecule has 1 atom stereocenters. The van der Waals surface area contributed by atoms with Gasteiger partial charge in [-0.05, 0) is 18.9 Å². The number of nitriles is 1. The van der Waals surface area contributed by atoms with Gasteiger partial charge in [0.1, 0.15) is 0 Å². The van der Waals surface area contributed by atoms with Crippen molar-refractivity contribution >= 4 is 10.0 Å². The minimum Gasteiger partial charge on any atom is -0.211 e. The van der Waals surface area contributed by atoms with Crippen molar-refractivity contribution in [2.75, 3.05) is 6.54 Å². The highest BCUT2D eigenvalue weighted by Gasteiger charge is 2.30. The largest absolute Gasteiger partial charge is 0.231 e. The van der Waals surface area contributed by atoms with E-state index in [1.54, 1.807) is 6.92 Å². The lowest BCUT2D eigenvalue weighted by Crippen LogP contribution is -2.37. The van der Waals surface area contributed by atoms with Gasteiger partial charge in [0.25, 0.3) is 0 Å². The highest BCUT2D eigenvalue weighted by Crippen LogP contribution is 2.16. The van der Waals surface area contributed by atoms with E-state index in [1.807, 2.05) is 37.3 Å². The summed E-state index contributed by atoms with van der Waals surface area (Å²) in [6.07, 6.45) is 5.49. The van der Waals surface area contributed by atoms with Crippen LogP contribution < -0.4 is 0 Å². The normalized spacial score (nSPS) is 12.7. The molecule has 1 rings (SSSR count). The Bertz CT molecular complexity index is 621. The maximum atomic E-state index is 12.4. The summed E-state index contributed by atoms with van der Waals surface area (Å²) < 4.78 is 25.9. The van der Waals surface area contributed by atoms with Gasteiger partial charge in [0.2, 0.25) is 10.0 Å². The van der Waals surface area contributed by atoms with E-state index < -0.39 is 15.3 Å². The van der Waals surface area contributed by atoms with Crippen molar-refractivity contribution in [1.29, 1.82) is 5.26 Å². The highest BCUT2D eigenvalue weighted by molar-refractivity contribution is 7.90. The van der Waals surface area contributed by atoms with Crippen LogP contribution in [-0.4, -0.2) is 24.5 Å². The van der Waals surface area contributed by atoms with Gasteiger partial charge in [0.05, 0.1) is 12.6 Å². The van der Waals surface area contributed by atoms with Crippen LogP contribution in [0.25, 0.3) is 0 Å². The second kappa shape index (κ2) is 7.09. The lowest BCUT2D eigenvalue weighted by Gasteiger charge is -2.22. The zero-order valence-electron chi connectivity index (χ0n) is 11.7. The smallest absolute Gasteiger partial charge is 0.211 e. The average molecular weight is 290 g/mol. The van der Waals surface area contributed by atoms with Gasteiger partial charge in [-0.1, -0.05) is 42.7 Å². The summed E-state index contributed by atoms with van der Waals surface area (Å²) in [5, 5.41) is 7.92. The lowest BCUT2D eigenvalue weighted by atomic mass is 10.1. The number of hydrogen-bond acceptors (Lipinski definition) is 3. The molecule has 0 heterocycles. The predicted octanol–water partition coefficient (Wildman–Crippen LogP) is 2.06. The van der Waals surface area contributed by atoms with Crippen molar-refractivity contribution in [2.45, 2.75) is 32.1 Å². The van der Waals surface area contributed by atoms with E-state index in [1.165, 1.54) is 4.31 Å². The third kappa shape index (κ3) is 3.84. The van der Waals surface area contributed by atoms with Crippen LogP contribution in [0.3, 0.4) is 0 Å². The van der Waals surface area contributed by atoms with Gasteiger partial charge in [-0.2, -0.15) is 9.57 Å². The molecular formula is C15H18N2O2S. The van der Waals surface area contributed by atoms with E-state index in [-0.39, 0.29) is 19.5 Å².